The Balaban J connectivity index is 2.75. The van der Waals surface area contributed by atoms with Gasteiger partial charge in [0.1, 0.15) is 5.52 Å². The Morgan fingerprint density at radius 1 is 1.53 bits per heavy atom. The predicted molar refractivity (Wildman–Crippen MR) is 70.8 cm³/mol. The second kappa shape index (κ2) is 4.67. The van der Waals surface area contributed by atoms with Crippen LogP contribution >= 0.6 is 11.6 Å². The Hall–Kier alpha value is -1.87. The van der Waals surface area contributed by atoms with E-state index in [9.17, 15) is 18.5 Å². The molecule has 0 aliphatic heterocycles. The molecule has 0 radical (unpaired) electrons. The molecule has 10 heteroatoms. The summed E-state index contributed by atoms with van der Waals surface area (Å²) in [5.74, 6) is 0.0729. The molecule has 0 spiro atoms. The molecular weight excluding hydrogens is 296 g/mol. The minimum Gasteiger partial charge on any atom is -0.269 e. The van der Waals surface area contributed by atoms with E-state index in [4.69, 9.17) is 11.6 Å². The number of hydrogen-bond donors (Lipinski definition) is 2. The first-order chi connectivity index (χ1) is 8.83. The van der Waals surface area contributed by atoms with Crippen LogP contribution in [-0.4, -0.2) is 29.8 Å². The molecule has 2 rings (SSSR count). The van der Waals surface area contributed by atoms with E-state index in [1.165, 1.54) is 12.1 Å². The van der Waals surface area contributed by atoms with Crippen LogP contribution in [-0.2, 0) is 15.9 Å². The van der Waals surface area contributed by atoms with E-state index in [2.05, 4.69) is 14.9 Å². The first kappa shape index (κ1) is 13.6. The highest BCUT2D eigenvalue weighted by Gasteiger charge is 2.21. The zero-order valence-electron chi connectivity index (χ0n) is 9.68. The van der Waals surface area contributed by atoms with Crippen molar-refractivity contribution in [2.75, 3.05) is 11.0 Å². The van der Waals surface area contributed by atoms with Crippen LogP contribution in [0.15, 0.2) is 12.1 Å². The van der Waals surface area contributed by atoms with Gasteiger partial charge in [-0.3, -0.25) is 19.9 Å². The lowest BCUT2D eigenvalue weighted by Gasteiger charge is -2.03. The summed E-state index contributed by atoms with van der Waals surface area (Å²) in [5.41, 5.74) is 0.481. The number of sulfonamides is 1. The highest BCUT2D eigenvalue weighted by Crippen LogP contribution is 2.32. The van der Waals surface area contributed by atoms with Crippen LogP contribution in [0.25, 0.3) is 10.9 Å². The molecule has 1 aromatic heterocycles. The van der Waals surface area contributed by atoms with Gasteiger partial charge in [0.2, 0.25) is 10.0 Å². The maximum absolute atomic E-state index is 11.2. The lowest BCUT2D eigenvalue weighted by molar-refractivity contribution is -0.383. The largest absolute Gasteiger partial charge is 0.294 e. The lowest BCUT2D eigenvalue weighted by atomic mass is 10.1. The van der Waals surface area contributed by atoms with Gasteiger partial charge < -0.3 is 0 Å². The molecule has 0 bridgehead atoms. The average molecular weight is 305 g/mol. The number of H-pyrrole nitrogens is 1. The SMILES string of the molecule is CS(=O)(=O)Nc1n[nH]c2c([N+](=O)[O-])ccc(CCl)c12. The quantitative estimate of drug-likeness (QED) is 0.505. The van der Waals surface area contributed by atoms with Crippen molar-refractivity contribution >= 4 is 44.0 Å². The van der Waals surface area contributed by atoms with Gasteiger partial charge in [-0.25, -0.2) is 8.42 Å². The Morgan fingerprint density at radius 3 is 2.74 bits per heavy atom. The molecule has 0 saturated heterocycles. The normalized spacial score (nSPS) is 11.7. The van der Waals surface area contributed by atoms with Crippen molar-refractivity contribution in [3.8, 4) is 0 Å². The fourth-order valence-corrected chi connectivity index (χ4v) is 2.42. The van der Waals surface area contributed by atoms with Crippen molar-refractivity contribution in [3.05, 3.63) is 27.8 Å². The van der Waals surface area contributed by atoms with Crippen LogP contribution in [0.4, 0.5) is 11.5 Å². The number of halogens is 1. The Labute approximate surface area is 113 Å². The molecule has 2 aromatic rings. The number of aromatic nitrogens is 2. The molecule has 0 atom stereocenters. The van der Waals surface area contributed by atoms with Gasteiger partial charge in [-0.05, 0) is 5.56 Å². The Bertz CT molecular complexity index is 755. The summed E-state index contributed by atoms with van der Waals surface area (Å²) < 4.78 is 24.7. The molecule has 2 N–H and O–H groups in total. The third-order valence-electron chi connectivity index (χ3n) is 2.41. The molecule has 0 fully saturated rings. The van der Waals surface area contributed by atoms with E-state index < -0.39 is 14.9 Å². The van der Waals surface area contributed by atoms with Gasteiger partial charge in [0.05, 0.1) is 16.6 Å². The molecule has 0 aliphatic rings. The summed E-state index contributed by atoms with van der Waals surface area (Å²) in [4.78, 5) is 10.3. The summed E-state index contributed by atoms with van der Waals surface area (Å²) in [6.45, 7) is 0. The molecule has 1 aromatic carbocycles. The van der Waals surface area contributed by atoms with Crippen LogP contribution in [0.3, 0.4) is 0 Å². The number of nitro groups is 1. The Kier molecular flexibility index (Phi) is 3.33. The fraction of sp³-hybridized carbons (Fsp3) is 0.222. The number of fused-ring (bicyclic) bond motifs is 1. The summed E-state index contributed by atoms with van der Waals surface area (Å²) in [5, 5.41) is 17.4. The summed E-state index contributed by atoms with van der Waals surface area (Å²) in [6, 6.07) is 2.76. The van der Waals surface area contributed by atoms with E-state index in [1.807, 2.05) is 0 Å². The first-order valence-corrected chi connectivity index (χ1v) is 7.44. The van der Waals surface area contributed by atoms with Crippen molar-refractivity contribution in [2.24, 2.45) is 0 Å². The number of nitro benzene ring substituents is 1. The van der Waals surface area contributed by atoms with Crippen molar-refractivity contribution < 1.29 is 13.3 Å². The molecular formula is C9H9ClN4O4S. The van der Waals surface area contributed by atoms with Crippen molar-refractivity contribution in [1.29, 1.82) is 0 Å². The topological polar surface area (TPSA) is 118 Å². The van der Waals surface area contributed by atoms with E-state index >= 15 is 0 Å². The van der Waals surface area contributed by atoms with Crippen LogP contribution in [0.2, 0.25) is 0 Å². The molecule has 102 valence electrons. The van der Waals surface area contributed by atoms with Crippen molar-refractivity contribution in [2.45, 2.75) is 5.88 Å². The zero-order valence-corrected chi connectivity index (χ0v) is 11.2. The number of benzene rings is 1. The van der Waals surface area contributed by atoms with Crippen molar-refractivity contribution in [3.63, 3.8) is 0 Å². The van der Waals surface area contributed by atoms with Crippen molar-refractivity contribution in [1.82, 2.24) is 10.2 Å². The smallest absolute Gasteiger partial charge is 0.269 e. The average Bonchev–Trinajstić information content (AvgIpc) is 2.69. The number of rotatable bonds is 4. The first-order valence-electron chi connectivity index (χ1n) is 5.01. The predicted octanol–water partition coefficient (Wildman–Crippen LogP) is 1.58. The molecule has 19 heavy (non-hydrogen) atoms. The highest BCUT2D eigenvalue weighted by molar-refractivity contribution is 7.92. The van der Waals surface area contributed by atoms with Gasteiger partial charge in [0.15, 0.2) is 5.82 Å². The number of non-ortho nitro benzene ring substituents is 1. The van der Waals surface area contributed by atoms with Crippen LogP contribution in [0, 0.1) is 10.1 Å². The number of hydrogen-bond acceptors (Lipinski definition) is 5. The maximum atomic E-state index is 11.2. The number of alkyl halides is 1. The van der Waals surface area contributed by atoms with Gasteiger partial charge in [-0.2, -0.15) is 5.10 Å². The molecule has 0 aliphatic carbocycles. The molecule has 0 saturated carbocycles. The second-order valence-electron chi connectivity index (χ2n) is 3.83. The number of nitrogens with one attached hydrogen (secondary N) is 2. The Morgan fingerprint density at radius 2 is 2.21 bits per heavy atom. The molecule has 0 amide bonds. The molecule has 0 unspecified atom stereocenters. The summed E-state index contributed by atoms with van der Waals surface area (Å²) in [7, 11) is -3.54. The van der Waals surface area contributed by atoms with Crippen LogP contribution in [0.1, 0.15) is 5.56 Å². The third kappa shape index (κ3) is 2.61. The fourth-order valence-electron chi connectivity index (χ4n) is 1.70. The minimum atomic E-state index is -3.54. The van der Waals surface area contributed by atoms with Gasteiger partial charge in [0, 0.05) is 11.9 Å². The van der Waals surface area contributed by atoms with Crippen LogP contribution in [0.5, 0.6) is 0 Å². The van der Waals surface area contributed by atoms with Crippen LogP contribution < -0.4 is 4.72 Å². The summed E-state index contributed by atoms with van der Waals surface area (Å²) in [6.07, 6.45) is 0.964. The molecule has 8 nitrogen and oxygen atoms in total. The van der Waals surface area contributed by atoms with E-state index in [0.29, 0.717) is 10.9 Å². The summed E-state index contributed by atoms with van der Waals surface area (Å²) >= 11 is 5.75. The van der Waals surface area contributed by atoms with E-state index in [0.717, 1.165) is 6.26 Å². The maximum Gasteiger partial charge on any atom is 0.294 e. The standard InChI is InChI=1S/C9H9ClN4O4S/c1-19(17,18)13-9-7-5(4-10)2-3-6(14(15)16)8(7)11-12-9/h2-3H,4H2,1H3,(H2,11,12,13). The van der Waals surface area contributed by atoms with Gasteiger partial charge in [0.25, 0.3) is 5.69 Å². The third-order valence-corrected chi connectivity index (χ3v) is 3.26. The molecule has 1 heterocycles. The zero-order chi connectivity index (χ0) is 14.2. The van der Waals surface area contributed by atoms with Gasteiger partial charge >= 0.3 is 0 Å². The highest BCUT2D eigenvalue weighted by atomic mass is 35.5. The number of anilines is 1. The van der Waals surface area contributed by atoms with Gasteiger partial charge in [-0.1, -0.05) is 6.07 Å². The van der Waals surface area contributed by atoms with E-state index in [-0.39, 0.29) is 22.9 Å². The number of aromatic amines is 1. The second-order valence-corrected chi connectivity index (χ2v) is 5.85. The monoisotopic (exact) mass is 304 g/mol. The van der Waals surface area contributed by atoms with E-state index in [1.54, 1.807) is 0 Å². The van der Waals surface area contributed by atoms with Gasteiger partial charge in [-0.15, -0.1) is 11.6 Å². The minimum absolute atomic E-state index is 0.00292. The number of nitrogens with zero attached hydrogens (tertiary/aromatic N) is 2. The lowest BCUT2D eigenvalue weighted by Crippen LogP contribution is -2.10.